The molecule has 0 unspecified atom stereocenters. The van der Waals surface area contributed by atoms with Crippen LogP contribution in [-0.2, 0) is 16.8 Å². The summed E-state index contributed by atoms with van der Waals surface area (Å²) < 4.78 is 0. The molecule has 0 bridgehead atoms. The van der Waals surface area contributed by atoms with E-state index in [-0.39, 0.29) is 75.9 Å². The van der Waals surface area contributed by atoms with Gasteiger partial charge in [-0.2, -0.15) is 0 Å². The first-order valence-electron chi connectivity index (χ1n) is 0.698. The summed E-state index contributed by atoms with van der Waals surface area (Å²) in [6.07, 6.45) is 0. The first-order chi connectivity index (χ1) is 2.41. The molecule has 0 saturated heterocycles. The minimum Gasteiger partial charge on any atom is -0.444 e. The summed E-state index contributed by atoms with van der Waals surface area (Å²) in [6.45, 7) is 0. The molecule has 0 saturated carbocycles. The molecule has 5 nitrogen and oxygen atoms in total. The number of hydrogen-bond donors (Lipinski definition) is 2. The molecule has 8 heteroatoms. The Labute approximate surface area is 102 Å². The van der Waals surface area contributed by atoms with Gasteiger partial charge in [0, 0.05) is 16.8 Å². The van der Waals surface area contributed by atoms with Gasteiger partial charge in [0.05, 0.1) is 0 Å². The molecule has 0 heterocycles. The monoisotopic (exact) mass is 183 g/mol. The summed E-state index contributed by atoms with van der Waals surface area (Å²) in [6, 6.07) is 0. The van der Waals surface area contributed by atoms with E-state index in [0.29, 0.717) is 0 Å². The molecule has 0 spiro atoms. The van der Waals surface area contributed by atoms with E-state index in [2.05, 4.69) is 11.7 Å². The standard InChI is InChI=1S/Co.H4N2.HNO2.2Na/c;1-2;2-1-3;;/h;1-2H2;(H,2,3);;/q;;;2*+1/p-1. The van der Waals surface area contributed by atoms with E-state index in [1.807, 2.05) is 0 Å². The van der Waals surface area contributed by atoms with Crippen molar-refractivity contribution in [1.82, 2.24) is 0 Å². The zero-order valence-electron chi connectivity index (χ0n) is 4.75. The van der Waals surface area contributed by atoms with Gasteiger partial charge in [0.2, 0.25) is 0 Å². The molecule has 0 aliphatic heterocycles. The van der Waals surface area contributed by atoms with Crippen molar-refractivity contribution < 1.29 is 75.9 Å². The minimum absolute atomic E-state index is 0. The molecule has 0 aliphatic carbocycles. The third kappa shape index (κ3) is 109. The van der Waals surface area contributed by atoms with E-state index in [9.17, 15) is 0 Å². The first kappa shape index (κ1) is 32.9. The second-order valence-electron chi connectivity index (χ2n) is 0.0745. The number of hydrazine groups is 1. The fourth-order valence-electron chi connectivity index (χ4n) is 0. The maximum absolute atomic E-state index is 8.00. The topological polar surface area (TPSA) is 105 Å². The van der Waals surface area contributed by atoms with Gasteiger partial charge in [-0.3, -0.25) is 11.7 Å². The maximum atomic E-state index is 8.00. The smallest absolute Gasteiger partial charge is 0.444 e. The molecule has 0 aliphatic rings. The van der Waals surface area contributed by atoms with Crippen LogP contribution < -0.4 is 70.8 Å². The van der Waals surface area contributed by atoms with E-state index in [1.54, 1.807) is 0 Å². The molecule has 4 N–H and O–H groups in total. The van der Waals surface area contributed by atoms with Gasteiger partial charge >= 0.3 is 59.1 Å². The average molecular weight is 183 g/mol. The largest absolute Gasteiger partial charge is 1.00 e. The number of rotatable bonds is 0. The Bertz CT molecular complexity index is 22.8. The summed E-state index contributed by atoms with van der Waals surface area (Å²) >= 11 is 0. The van der Waals surface area contributed by atoms with Crippen LogP contribution in [0.3, 0.4) is 0 Å². The third-order valence-electron chi connectivity index (χ3n) is 0. The molecule has 8 heavy (non-hydrogen) atoms. The molecule has 0 aromatic heterocycles. The van der Waals surface area contributed by atoms with Crippen LogP contribution in [0.25, 0.3) is 0 Å². The molecular weight excluding hydrogens is 179 g/mol. The Hall–Kier alpha value is 1.83. The Balaban J connectivity index is -0.00000000567. The minimum atomic E-state index is 0. The normalized spacial score (nSPS) is 2.25. The molecule has 0 fully saturated rings. The average Bonchev–Trinajstić information content (AvgIpc) is 1.46. The summed E-state index contributed by atoms with van der Waals surface area (Å²) in [5, 5.41) is 9.00. The van der Waals surface area contributed by atoms with Crippen LogP contribution in [-0.4, -0.2) is 0 Å². The van der Waals surface area contributed by atoms with Crippen molar-refractivity contribution in [3.63, 3.8) is 0 Å². The molecule has 1 radical (unpaired) electrons. The van der Waals surface area contributed by atoms with Crippen molar-refractivity contribution in [2.75, 3.05) is 0 Å². The summed E-state index contributed by atoms with van der Waals surface area (Å²) in [5.74, 6) is 8.00. The fourth-order valence-corrected chi connectivity index (χ4v) is 0. The van der Waals surface area contributed by atoms with Crippen LogP contribution >= 0.6 is 0 Å². The Morgan fingerprint density at radius 1 is 1.25 bits per heavy atom. The number of nitrogens with two attached hydrogens (primary N) is 2. The van der Waals surface area contributed by atoms with Crippen molar-refractivity contribution in [1.29, 1.82) is 0 Å². The van der Waals surface area contributed by atoms with Crippen molar-refractivity contribution in [3.05, 3.63) is 10.1 Å². The quantitative estimate of drug-likeness (QED) is 0.168. The van der Waals surface area contributed by atoms with Gasteiger partial charge < -0.3 is 10.1 Å². The van der Waals surface area contributed by atoms with Gasteiger partial charge in [-0.05, 0) is 0 Å². The van der Waals surface area contributed by atoms with E-state index in [1.165, 1.54) is 0 Å². The van der Waals surface area contributed by atoms with Crippen molar-refractivity contribution in [2.24, 2.45) is 17.0 Å². The van der Waals surface area contributed by atoms with Crippen LogP contribution in [0.2, 0.25) is 0 Å². The van der Waals surface area contributed by atoms with Gasteiger partial charge in [-0.25, -0.2) is 0 Å². The summed E-state index contributed by atoms with van der Waals surface area (Å²) in [5.41, 5.74) is 0. The molecule has 0 rings (SSSR count). The molecule has 41 valence electrons. The van der Waals surface area contributed by atoms with E-state index in [0.717, 1.165) is 5.34 Å². The van der Waals surface area contributed by atoms with Gasteiger partial charge in [-0.1, -0.05) is 0 Å². The van der Waals surface area contributed by atoms with Crippen molar-refractivity contribution in [2.45, 2.75) is 0 Å². The molecule has 0 amide bonds. The van der Waals surface area contributed by atoms with Crippen LogP contribution in [0.5, 0.6) is 0 Å². The number of nitrogens with zero attached hydrogens (tertiary/aromatic N) is 1. The van der Waals surface area contributed by atoms with Crippen molar-refractivity contribution in [3.8, 4) is 0 Å². The predicted molar refractivity (Wildman–Crippen MR) is 17.5 cm³/mol. The summed E-state index contributed by atoms with van der Waals surface area (Å²) in [4.78, 5) is 8.00. The maximum Gasteiger partial charge on any atom is 1.00 e. The fraction of sp³-hybridized carbons (Fsp3) is 0. The van der Waals surface area contributed by atoms with E-state index >= 15 is 0 Å². The Morgan fingerprint density at radius 2 is 1.25 bits per heavy atom. The molecule has 0 aromatic rings. The van der Waals surface area contributed by atoms with Crippen LogP contribution in [0.15, 0.2) is 5.34 Å². The molecule has 0 atom stereocenters. The van der Waals surface area contributed by atoms with Crippen LogP contribution in [0.1, 0.15) is 0 Å². The van der Waals surface area contributed by atoms with Gasteiger partial charge in [0.1, 0.15) is 0 Å². The second-order valence-corrected chi connectivity index (χ2v) is 0.0745. The molecule has 0 aromatic carbocycles. The van der Waals surface area contributed by atoms with E-state index in [4.69, 9.17) is 10.1 Å². The van der Waals surface area contributed by atoms with Crippen LogP contribution in [0, 0.1) is 10.1 Å². The first-order valence-corrected chi connectivity index (χ1v) is 0.698. The predicted octanol–water partition coefficient (Wildman–Crippen LogP) is -6.93. The molecular formula is H4CoN3Na2O2+. The SMILES string of the molecule is NN.O=N[O-].[Co].[Na+].[Na+]. The summed E-state index contributed by atoms with van der Waals surface area (Å²) in [7, 11) is 0. The Kier molecular flexibility index (Phi) is 278. The van der Waals surface area contributed by atoms with Crippen molar-refractivity contribution >= 4 is 0 Å². The van der Waals surface area contributed by atoms with E-state index < -0.39 is 0 Å². The van der Waals surface area contributed by atoms with Gasteiger partial charge in [0.15, 0.2) is 0 Å². The Morgan fingerprint density at radius 3 is 1.25 bits per heavy atom. The van der Waals surface area contributed by atoms with Crippen LogP contribution in [0.4, 0.5) is 0 Å². The van der Waals surface area contributed by atoms with Gasteiger partial charge in [0.25, 0.3) is 0 Å². The number of hydrogen-bond acceptors (Lipinski definition) is 5. The second kappa shape index (κ2) is 67.7. The zero-order valence-corrected chi connectivity index (χ0v) is 9.79. The third-order valence-corrected chi connectivity index (χ3v) is 0. The van der Waals surface area contributed by atoms with Gasteiger partial charge in [-0.15, -0.1) is 5.34 Å². The zero-order chi connectivity index (χ0) is 4.71.